The van der Waals surface area contributed by atoms with Crippen molar-refractivity contribution >= 4 is 11.8 Å². The molecule has 0 aromatic rings. The SMILES string of the molecule is CCC(=O)N1CCCN(C(=O)CC2CCCN2)CC1. The van der Waals surface area contributed by atoms with Gasteiger partial charge in [0.15, 0.2) is 0 Å². The van der Waals surface area contributed by atoms with Gasteiger partial charge in [-0.25, -0.2) is 0 Å². The van der Waals surface area contributed by atoms with Crippen molar-refractivity contribution < 1.29 is 9.59 Å². The van der Waals surface area contributed by atoms with Crippen LogP contribution in [0.1, 0.15) is 39.0 Å². The van der Waals surface area contributed by atoms with Crippen LogP contribution in [0.5, 0.6) is 0 Å². The predicted molar refractivity (Wildman–Crippen MR) is 73.7 cm³/mol. The molecular weight excluding hydrogens is 242 g/mol. The lowest BCUT2D eigenvalue weighted by molar-refractivity contribution is -0.133. The topological polar surface area (TPSA) is 52.7 Å². The normalized spacial score (nSPS) is 24.4. The Morgan fingerprint density at radius 2 is 1.74 bits per heavy atom. The van der Waals surface area contributed by atoms with Gasteiger partial charge in [-0.3, -0.25) is 9.59 Å². The summed E-state index contributed by atoms with van der Waals surface area (Å²) in [7, 11) is 0. The largest absolute Gasteiger partial charge is 0.341 e. The number of hydrogen-bond donors (Lipinski definition) is 1. The molecule has 19 heavy (non-hydrogen) atoms. The quantitative estimate of drug-likeness (QED) is 0.814. The highest BCUT2D eigenvalue weighted by Gasteiger charge is 2.24. The van der Waals surface area contributed by atoms with E-state index in [9.17, 15) is 9.59 Å². The van der Waals surface area contributed by atoms with E-state index in [4.69, 9.17) is 0 Å². The highest BCUT2D eigenvalue weighted by molar-refractivity contribution is 5.78. The van der Waals surface area contributed by atoms with Crippen LogP contribution in [0, 0.1) is 0 Å². The molecule has 1 N–H and O–H groups in total. The Morgan fingerprint density at radius 3 is 2.32 bits per heavy atom. The van der Waals surface area contributed by atoms with E-state index < -0.39 is 0 Å². The Kier molecular flexibility index (Phi) is 5.19. The monoisotopic (exact) mass is 267 g/mol. The molecule has 2 amide bonds. The van der Waals surface area contributed by atoms with E-state index in [0.29, 0.717) is 32.0 Å². The summed E-state index contributed by atoms with van der Waals surface area (Å²) < 4.78 is 0. The number of amides is 2. The molecule has 2 saturated heterocycles. The van der Waals surface area contributed by atoms with Crippen LogP contribution in [0.15, 0.2) is 0 Å². The van der Waals surface area contributed by atoms with Gasteiger partial charge >= 0.3 is 0 Å². The first-order valence-corrected chi connectivity index (χ1v) is 7.49. The van der Waals surface area contributed by atoms with Crippen LogP contribution in [-0.2, 0) is 9.59 Å². The lowest BCUT2D eigenvalue weighted by Crippen LogP contribution is -2.39. The van der Waals surface area contributed by atoms with Crippen LogP contribution < -0.4 is 5.32 Å². The maximum absolute atomic E-state index is 12.2. The molecule has 0 bridgehead atoms. The van der Waals surface area contributed by atoms with Crippen LogP contribution in [0.25, 0.3) is 0 Å². The molecule has 108 valence electrons. The molecule has 1 unspecified atom stereocenters. The number of carbonyl (C=O) groups is 2. The van der Waals surface area contributed by atoms with E-state index in [2.05, 4.69) is 5.32 Å². The van der Waals surface area contributed by atoms with Crippen molar-refractivity contribution in [2.45, 2.75) is 45.1 Å². The molecule has 0 aliphatic carbocycles. The molecule has 0 aromatic carbocycles. The van der Waals surface area contributed by atoms with Gasteiger partial charge in [0.25, 0.3) is 0 Å². The minimum absolute atomic E-state index is 0.201. The van der Waals surface area contributed by atoms with Gasteiger partial charge in [0.05, 0.1) is 0 Å². The highest BCUT2D eigenvalue weighted by atomic mass is 16.2. The Morgan fingerprint density at radius 1 is 1.05 bits per heavy atom. The van der Waals surface area contributed by atoms with E-state index in [0.717, 1.165) is 32.5 Å². The lowest BCUT2D eigenvalue weighted by atomic mass is 10.1. The third kappa shape index (κ3) is 3.93. The Bertz CT molecular complexity index is 327. The van der Waals surface area contributed by atoms with Crippen molar-refractivity contribution in [2.24, 2.45) is 0 Å². The fraction of sp³-hybridized carbons (Fsp3) is 0.857. The summed E-state index contributed by atoms with van der Waals surface area (Å²) in [4.78, 5) is 27.7. The maximum atomic E-state index is 12.2. The minimum atomic E-state index is 0.201. The van der Waals surface area contributed by atoms with Crippen molar-refractivity contribution in [1.82, 2.24) is 15.1 Å². The number of nitrogens with one attached hydrogen (secondary N) is 1. The van der Waals surface area contributed by atoms with Crippen LogP contribution in [-0.4, -0.2) is 60.4 Å². The molecule has 5 heteroatoms. The number of hydrogen-bond acceptors (Lipinski definition) is 3. The van der Waals surface area contributed by atoms with Crippen molar-refractivity contribution in [1.29, 1.82) is 0 Å². The smallest absolute Gasteiger partial charge is 0.224 e. The first kappa shape index (κ1) is 14.3. The average Bonchev–Trinajstić information content (AvgIpc) is 2.79. The van der Waals surface area contributed by atoms with Crippen LogP contribution in [0.3, 0.4) is 0 Å². The van der Waals surface area contributed by atoms with E-state index in [1.807, 2.05) is 16.7 Å². The summed E-state index contributed by atoms with van der Waals surface area (Å²) in [6, 6.07) is 0.365. The van der Waals surface area contributed by atoms with Gasteiger partial charge in [-0.2, -0.15) is 0 Å². The first-order chi connectivity index (χ1) is 9.20. The zero-order valence-electron chi connectivity index (χ0n) is 11.9. The second kappa shape index (κ2) is 6.89. The fourth-order valence-electron chi connectivity index (χ4n) is 2.91. The fourth-order valence-corrected chi connectivity index (χ4v) is 2.91. The Labute approximate surface area is 115 Å². The maximum Gasteiger partial charge on any atom is 0.224 e. The van der Waals surface area contributed by atoms with Gasteiger partial charge in [-0.1, -0.05) is 6.92 Å². The summed E-state index contributed by atoms with van der Waals surface area (Å²) in [5, 5.41) is 3.37. The summed E-state index contributed by atoms with van der Waals surface area (Å²) in [5.41, 5.74) is 0. The van der Waals surface area contributed by atoms with Crippen LogP contribution >= 0.6 is 0 Å². The third-order valence-corrected chi connectivity index (χ3v) is 4.09. The molecule has 0 radical (unpaired) electrons. The van der Waals surface area contributed by atoms with Crippen LogP contribution in [0.4, 0.5) is 0 Å². The van der Waals surface area contributed by atoms with Gasteiger partial charge in [0.2, 0.25) is 11.8 Å². The summed E-state index contributed by atoms with van der Waals surface area (Å²) in [6.07, 6.45) is 4.36. The predicted octanol–water partition coefficient (Wildman–Crippen LogP) is 0.599. The van der Waals surface area contributed by atoms with E-state index >= 15 is 0 Å². The molecule has 5 nitrogen and oxygen atoms in total. The third-order valence-electron chi connectivity index (χ3n) is 4.09. The van der Waals surface area contributed by atoms with E-state index in [-0.39, 0.29) is 11.8 Å². The van der Waals surface area contributed by atoms with Crippen molar-refractivity contribution in [3.8, 4) is 0 Å². The average molecular weight is 267 g/mol. The van der Waals surface area contributed by atoms with Gasteiger partial charge in [-0.05, 0) is 25.8 Å². The molecule has 1 atom stereocenters. The number of rotatable bonds is 3. The van der Waals surface area contributed by atoms with Crippen molar-refractivity contribution in [2.75, 3.05) is 32.7 Å². The molecule has 2 fully saturated rings. The number of nitrogens with zero attached hydrogens (tertiary/aromatic N) is 2. The Hall–Kier alpha value is -1.10. The number of carbonyl (C=O) groups excluding carboxylic acids is 2. The van der Waals surface area contributed by atoms with Gasteiger partial charge < -0.3 is 15.1 Å². The molecule has 0 aromatic heterocycles. The second-order valence-electron chi connectivity index (χ2n) is 5.47. The molecule has 2 aliphatic heterocycles. The zero-order valence-corrected chi connectivity index (χ0v) is 11.9. The summed E-state index contributed by atoms with van der Waals surface area (Å²) in [5.74, 6) is 0.442. The Balaban J connectivity index is 1.81. The van der Waals surface area contributed by atoms with Gasteiger partial charge in [0.1, 0.15) is 0 Å². The van der Waals surface area contributed by atoms with Crippen molar-refractivity contribution in [3.05, 3.63) is 0 Å². The highest BCUT2D eigenvalue weighted by Crippen LogP contribution is 2.12. The van der Waals surface area contributed by atoms with Crippen molar-refractivity contribution in [3.63, 3.8) is 0 Å². The molecule has 2 heterocycles. The van der Waals surface area contributed by atoms with E-state index in [1.165, 1.54) is 6.42 Å². The summed E-state index contributed by atoms with van der Waals surface area (Å²) >= 11 is 0. The summed E-state index contributed by atoms with van der Waals surface area (Å²) in [6.45, 7) is 5.89. The molecule has 2 rings (SSSR count). The molecule has 2 aliphatic rings. The first-order valence-electron chi connectivity index (χ1n) is 7.49. The standard InChI is InChI=1S/C14H25N3O2/c1-2-13(18)16-7-4-8-17(10-9-16)14(19)11-12-5-3-6-15-12/h12,15H,2-11H2,1H3. The second-order valence-corrected chi connectivity index (χ2v) is 5.47. The zero-order chi connectivity index (χ0) is 13.7. The lowest BCUT2D eigenvalue weighted by Gasteiger charge is -2.23. The van der Waals surface area contributed by atoms with Crippen LogP contribution in [0.2, 0.25) is 0 Å². The molecule has 0 spiro atoms. The molecule has 0 saturated carbocycles. The van der Waals surface area contributed by atoms with Gasteiger partial charge in [-0.15, -0.1) is 0 Å². The van der Waals surface area contributed by atoms with Gasteiger partial charge in [0, 0.05) is 45.1 Å². The minimum Gasteiger partial charge on any atom is -0.341 e. The molecular formula is C14H25N3O2. The van der Waals surface area contributed by atoms with E-state index in [1.54, 1.807) is 0 Å².